The summed E-state index contributed by atoms with van der Waals surface area (Å²) in [4.78, 5) is 27.0. The minimum absolute atomic E-state index is 0.115. The molecule has 2 N–H and O–H groups in total. The maximum absolute atomic E-state index is 13.6. The molecule has 0 aliphatic carbocycles. The molecular weight excluding hydrogens is 548 g/mol. The number of amides is 2. The number of hydrogen-bond acceptors (Lipinski definition) is 9. The summed E-state index contributed by atoms with van der Waals surface area (Å²) in [5.74, 6) is 1.51. The Hall–Kier alpha value is -4.29. The maximum Gasteiger partial charge on any atom is 0.252 e. The normalized spacial score (nSPS) is 14.4. The summed E-state index contributed by atoms with van der Waals surface area (Å²) in [6.07, 6.45) is 2.02. The fourth-order valence-corrected chi connectivity index (χ4v) is 5.79. The number of nitrogens with one attached hydrogen (secondary N) is 2. The minimum Gasteiger partial charge on any atom is -0.493 e. The Morgan fingerprint density at radius 2 is 1.88 bits per heavy atom. The van der Waals surface area contributed by atoms with Crippen LogP contribution < -0.4 is 20.2 Å². The van der Waals surface area contributed by atoms with Gasteiger partial charge in [0.25, 0.3) is 11.8 Å². The Balaban J connectivity index is 1.29. The van der Waals surface area contributed by atoms with Gasteiger partial charge in [0.1, 0.15) is 6.04 Å². The van der Waals surface area contributed by atoms with Crippen LogP contribution in [0.15, 0.2) is 77.3 Å². The third-order valence-corrected chi connectivity index (χ3v) is 8.25. The molecule has 0 fully saturated rings. The van der Waals surface area contributed by atoms with E-state index in [1.807, 2.05) is 67.0 Å². The van der Waals surface area contributed by atoms with Crippen molar-refractivity contribution in [3.8, 4) is 11.5 Å². The van der Waals surface area contributed by atoms with Gasteiger partial charge in [0, 0.05) is 18.2 Å². The van der Waals surface area contributed by atoms with Crippen LogP contribution in [-0.4, -0.2) is 51.6 Å². The number of para-hydroxylation sites is 1. The molecule has 0 saturated carbocycles. The van der Waals surface area contributed by atoms with Crippen LogP contribution in [0.1, 0.15) is 32.7 Å². The van der Waals surface area contributed by atoms with E-state index in [1.54, 1.807) is 47.3 Å². The Bertz CT molecular complexity index is 1520. The first kappa shape index (κ1) is 27.3. The zero-order valence-electron chi connectivity index (χ0n) is 22.2. The molecule has 1 aliphatic heterocycles. The van der Waals surface area contributed by atoms with Gasteiger partial charge in [0.2, 0.25) is 0 Å². The van der Waals surface area contributed by atoms with Gasteiger partial charge in [-0.15, -0.1) is 21.5 Å². The van der Waals surface area contributed by atoms with E-state index in [4.69, 9.17) is 9.47 Å². The van der Waals surface area contributed by atoms with E-state index in [0.29, 0.717) is 28.0 Å². The fourth-order valence-electron chi connectivity index (χ4n) is 4.30. The number of methoxy groups -OCH3 is 2. The molecule has 1 aliphatic rings. The van der Waals surface area contributed by atoms with Crippen LogP contribution in [0.5, 0.6) is 11.5 Å². The molecule has 5 rings (SSSR count). The van der Waals surface area contributed by atoms with Gasteiger partial charge in [-0.05, 0) is 35.7 Å². The van der Waals surface area contributed by atoms with Crippen LogP contribution in [0.2, 0.25) is 0 Å². The molecule has 3 heterocycles. The number of hydrazine groups is 1. The van der Waals surface area contributed by atoms with Crippen LogP contribution in [0.3, 0.4) is 0 Å². The Kier molecular flexibility index (Phi) is 8.37. The minimum atomic E-state index is -0.418. The van der Waals surface area contributed by atoms with Crippen molar-refractivity contribution in [1.82, 2.24) is 30.5 Å². The summed E-state index contributed by atoms with van der Waals surface area (Å²) in [5, 5.41) is 15.5. The predicted molar refractivity (Wildman–Crippen MR) is 154 cm³/mol. The number of nitrogens with zero attached hydrogens (tertiary/aromatic N) is 4. The number of thioether (sulfide) groups is 1. The molecule has 40 heavy (non-hydrogen) atoms. The number of ether oxygens (including phenoxy) is 2. The second-order valence-corrected chi connectivity index (χ2v) is 10.6. The van der Waals surface area contributed by atoms with Crippen molar-refractivity contribution in [2.45, 2.75) is 17.7 Å². The summed E-state index contributed by atoms with van der Waals surface area (Å²) in [7, 11) is 4.98. The molecule has 0 radical (unpaired) electrons. The number of benzene rings is 2. The molecule has 2 aromatic carbocycles. The van der Waals surface area contributed by atoms with Crippen LogP contribution in [0.25, 0.3) is 5.70 Å². The van der Waals surface area contributed by atoms with Crippen molar-refractivity contribution in [1.29, 1.82) is 0 Å². The highest BCUT2D eigenvalue weighted by Crippen LogP contribution is 2.41. The molecule has 12 heteroatoms. The SMILES string of the molecule is COc1cccc(C2C=C(c3cccs3)NN2C(=O)CSc2nnc(CNC(=O)c3ccccc3)n2C)c1OC. The summed E-state index contributed by atoms with van der Waals surface area (Å²) >= 11 is 2.86. The van der Waals surface area contributed by atoms with E-state index >= 15 is 0 Å². The molecule has 1 unspecified atom stereocenters. The van der Waals surface area contributed by atoms with E-state index in [1.165, 1.54) is 11.8 Å². The van der Waals surface area contributed by atoms with Gasteiger partial charge in [-0.3, -0.25) is 15.0 Å². The lowest BCUT2D eigenvalue weighted by atomic mass is 10.0. The van der Waals surface area contributed by atoms with Crippen molar-refractivity contribution in [3.05, 3.63) is 93.9 Å². The van der Waals surface area contributed by atoms with E-state index in [0.717, 1.165) is 16.1 Å². The lowest BCUT2D eigenvalue weighted by molar-refractivity contribution is -0.131. The molecule has 10 nitrogen and oxygen atoms in total. The summed E-state index contributed by atoms with van der Waals surface area (Å²) in [5.41, 5.74) is 5.51. The van der Waals surface area contributed by atoms with Crippen LogP contribution >= 0.6 is 23.1 Å². The Morgan fingerprint density at radius 1 is 1.05 bits per heavy atom. The second kappa shape index (κ2) is 12.3. The average Bonchev–Trinajstić information content (AvgIpc) is 3.75. The van der Waals surface area contributed by atoms with E-state index < -0.39 is 6.04 Å². The van der Waals surface area contributed by atoms with Crippen molar-refractivity contribution in [2.75, 3.05) is 20.0 Å². The van der Waals surface area contributed by atoms with Crippen molar-refractivity contribution >= 4 is 40.6 Å². The molecular formula is C28H28N6O4S2. The first-order chi connectivity index (χ1) is 19.5. The lowest BCUT2D eigenvalue weighted by Gasteiger charge is -2.26. The standard InChI is InChI=1S/C28H28N6O4S2/c1-33-24(16-29-27(36)18-9-5-4-6-10-18)30-31-28(33)40-17-25(35)34-21(15-20(32-34)23-13-8-14-39-23)19-11-7-12-22(37-2)26(19)38-3/h4-15,21,32H,16-17H2,1-3H3,(H,29,36). The third-order valence-electron chi connectivity index (χ3n) is 6.34. The smallest absolute Gasteiger partial charge is 0.252 e. The maximum atomic E-state index is 13.6. The van der Waals surface area contributed by atoms with Gasteiger partial charge in [0.15, 0.2) is 22.5 Å². The molecule has 0 spiro atoms. The molecule has 2 aromatic heterocycles. The van der Waals surface area contributed by atoms with E-state index in [2.05, 4.69) is 20.9 Å². The fraction of sp³-hybridized carbons (Fsp3) is 0.214. The molecule has 4 aromatic rings. The molecule has 2 amide bonds. The van der Waals surface area contributed by atoms with Gasteiger partial charge < -0.3 is 19.4 Å². The van der Waals surface area contributed by atoms with Crippen molar-refractivity contribution in [2.24, 2.45) is 7.05 Å². The number of carbonyl (C=O) groups is 2. The number of thiophene rings is 1. The molecule has 0 saturated heterocycles. The predicted octanol–water partition coefficient (Wildman–Crippen LogP) is 4.05. The number of aromatic nitrogens is 3. The van der Waals surface area contributed by atoms with Gasteiger partial charge in [-0.25, -0.2) is 5.01 Å². The molecule has 1 atom stereocenters. The number of hydrogen-bond donors (Lipinski definition) is 2. The zero-order valence-corrected chi connectivity index (χ0v) is 23.8. The largest absolute Gasteiger partial charge is 0.493 e. The van der Waals surface area contributed by atoms with E-state index in [9.17, 15) is 9.59 Å². The quantitative estimate of drug-likeness (QED) is 0.272. The third kappa shape index (κ3) is 5.68. The van der Waals surface area contributed by atoms with Crippen LogP contribution in [0.4, 0.5) is 0 Å². The highest BCUT2D eigenvalue weighted by Gasteiger charge is 2.34. The summed E-state index contributed by atoms with van der Waals surface area (Å²) in [6, 6.07) is 18.2. The lowest BCUT2D eigenvalue weighted by Crippen LogP contribution is -2.40. The Labute approximate surface area is 240 Å². The van der Waals surface area contributed by atoms with Crippen molar-refractivity contribution < 1.29 is 19.1 Å². The van der Waals surface area contributed by atoms with Gasteiger partial charge in [-0.2, -0.15) is 0 Å². The molecule has 0 bridgehead atoms. The van der Waals surface area contributed by atoms with Crippen molar-refractivity contribution in [3.63, 3.8) is 0 Å². The first-order valence-electron chi connectivity index (χ1n) is 12.4. The summed E-state index contributed by atoms with van der Waals surface area (Å²) < 4.78 is 12.9. The number of rotatable bonds is 10. The zero-order chi connectivity index (χ0) is 28.1. The molecule has 206 valence electrons. The van der Waals surface area contributed by atoms with E-state index in [-0.39, 0.29) is 24.1 Å². The van der Waals surface area contributed by atoms with Gasteiger partial charge in [-0.1, -0.05) is 48.2 Å². The average molecular weight is 577 g/mol. The topological polar surface area (TPSA) is 111 Å². The second-order valence-electron chi connectivity index (χ2n) is 8.76. The van der Waals surface area contributed by atoms with Gasteiger partial charge >= 0.3 is 0 Å². The highest BCUT2D eigenvalue weighted by molar-refractivity contribution is 7.99. The van der Waals surface area contributed by atoms with Gasteiger partial charge in [0.05, 0.1) is 37.1 Å². The Morgan fingerprint density at radius 3 is 2.60 bits per heavy atom. The first-order valence-corrected chi connectivity index (χ1v) is 14.3. The monoisotopic (exact) mass is 576 g/mol. The summed E-state index contributed by atoms with van der Waals surface area (Å²) in [6.45, 7) is 0.214. The van der Waals surface area contributed by atoms with Crippen LogP contribution in [0, 0.1) is 0 Å². The number of carbonyl (C=O) groups excluding carboxylic acids is 2. The highest BCUT2D eigenvalue weighted by atomic mass is 32.2. The van der Waals surface area contributed by atoms with Crippen LogP contribution in [-0.2, 0) is 18.4 Å².